The Bertz CT molecular complexity index is 723. The molecule has 0 spiro atoms. The van der Waals surface area contributed by atoms with Crippen molar-refractivity contribution >= 4 is 11.6 Å². The monoisotopic (exact) mass is 313 g/mol. The smallest absolute Gasteiger partial charge is 0.277 e. The highest BCUT2D eigenvalue weighted by atomic mass is 16.5. The van der Waals surface area contributed by atoms with Gasteiger partial charge in [0.1, 0.15) is 12.4 Å². The third-order valence-electron chi connectivity index (χ3n) is 4.36. The fourth-order valence-corrected chi connectivity index (χ4v) is 2.80. The summed E-state index contributed by atoms with van der Waals surface area (Å²) in [7, 11) is 0. The number of hydrogen-bond donors (Lipinski definition) is 2. The maximum atomic E-state index is 12.3. The van der Waals surface area contributed by atoms with Crippen LogP contribution in [-0.4, -0.2) is 34.1 Å². The zero-order valence-corrected chi connectivity index (χ0v) is 12.8. The van der Waals surface area contributed by atoms with Crippen molar-refractivity contribution in [2.75, 3.05) is 18.5 Å². The van der Waals surface area contributed by atoms with Gasteiger partial charge in [0.25, 0.3) is 5.91 Å². The van der Waals surface area contributed by atoms with Gasteiger partial charge >= 0.3 is 0 Å². The first-order valence-corrected chi connectivity index (χ1v) is 7.99. The number of nitrogens with one attached hydrogen (secondary N) is 2. The van der Waals surface area contributed by atoms with E-state index in [1.165, 1.54) is 6.42 Å². The molecule has 1 amide bonds. The molecule has 0 unspecified atom stereocenters. The topological polar surface area (TPSA) is 81.1 Å². The maximum Gasteiger partial charge on any atom is 0.277 e. The highest BCUT2D eigenvalue weighted by Gasteiger charge is 2.22. The molecule has 1 aliphatic carbocycles. The minimum atomic E-state index is -0.238. The van der Waals surface area contributed by atoms with Gasteiger partial charge < -0.3 is 15.4 Å². The summed E-state index contributed by atoms with van der Waals surface area (Å²) in [6.07, 6.45) is 5.18. The Morgan fingerprint density at radius 2 is 2.30 bits per heavy atom. The molecule has 2 aromatic rings. The molecule has 1 aromatic heterocycles. The Hall–Kier alpha value is -2.41. The van der Waals surface area contributed by atoms with Crippen LogP contribution in [0.25, 0.3) is 0 Å². The summed E-state index contributed by atoms with van der Waals surface area (Å²) in [5.41, 5.74) is 2.12. The molecule has 120 valence electrons. The van der Waals surface area contributed by atoms with E-state index < -0.39 is 0 Å². The summed E-state index contributed by atoms with van der Waals surface area (Å²) < 4.78 is 7.44. The number of fused-ring (bicyclic) bond motifs is 1. The van der Waals surface area contributed by atoms with Crippen molar-refractivity contribution < 1.29 is 9.53 Å². The Labute approximate surface area is 134 Å². The van der Waals surface area contributed by atoms with Gasteiger partial charge in [-0.05, 0) is 37.5 Å². The molecule has 2 aliphatic rings. The summed E-state index contributed by atoms with van der Waals surface area (Å²) >= 11 is 0. The lowest BCUT2D eigenvalue weighted by Crippen LogP contribution is -2.17. The van der Waals surface area contributed by atoms with Crippen LogP contribution in [-0.2, 0) is 6.54 Å². The van der Waals surface area contributed by atoms with Crippen LogP contribution in [0.5, 0.6) is 5.75 Å². The van der Waals surface area contributed by atoms with E-state index in [1.807, 2.05) is 18.2 Å². The van der Waals surface area contributed by atoms with Crippen LogP contribution in [0.4, 0.5) is 5.69 Å². The number of amides is 1. The van der Waals surface area contributed by atoms with Crippen LogP contribution < -0.4 is 15.4 Å². The van der Waals surface area contributed by atoms with E-state index >= 15 is 0 Å². The Morgan fingerprint density at radius 1 is 1.39 bits per heavy atom. The van der Waals surface area contributed by atoms with Crippen LogP contribution in [0.2, 0.25) is 0 Å². The second-order valence-electron chi connectivity index (χ2n) is 5.97. The molecule has 0 saturated heterocycles. The normalized spacial score (nSPS) is 17.6. The Kier molecular flexibility index (Phi) is 3.70. The molecule has 4 rings (SSSR count). The molecule has 23 heavy (non-hydrogen) atoms. The number of anilines is 1. The summed E-state index contributed by atoms with van der Waals surface area (Å²) in [5.74, 6) is 0.627. The molecule has 1 fully saturated rings. The average molecular weight is 313 g/mol. The highest BCUT2D eigenvalue weighted by molar-refractivity contribution is 6.02. The fraction of sp³-hybridized carbons (Fsp3) is 0.438. The van der Waals surface area contributed by atoms with Gasteiger partial charge in [0.05, 0.1) is 12.2 Å². The van der Waals surface area contributed by atoms with Gasteiger partial charge in [-0.25, -0.2) is 4.68 Å². The van der Waals surface area contributed by atoms with E-state index in [1.54, 1.807) is 10.9 Å². The van der Waals surface area contributed by atoms with Crippen molar-refractivity contribution in [2.45, 2.75) is 31.8 Å². The molecule has 1 aliphatic heterocycles. The molecule has 1 aromatic carbocycles. The number of carbonyl (C=O) groups is 1. The van der Waals surface area contributed by atoms with E-state index in [0.29, 0.717) is 18.3 Å². The summed E-state index contributed by atoms with van der Waals surface area (Å²) in [6.45, 7) is 2.21. The van der Waals surface area contributed by atoms with E-state index in [9.17, 15) is 4.79 Å². The molecule has 2 N–H and O–H groups in total. The zero-order chi connectivity index (χ0) is 15.6. The van der Waals surface area contributed by atoms with Crippen molar-refractivity contribution in [3.8, 4) is 5.75 Å². The van der Waals surface area contributed by atoms with Crippen LogP contribution in [0.3, 0.4) is 0 Å². The second kappa shape index (κ2) is 6.00. The lowest BCUT2D eigenvalue weighted by atomic mass is 9.93. The van der Waals surface area contributed by atoms with E-state index in [0.717, 1.165) is 42.9 Å². The van der Waals surface area contributed by atoms with E-state index in [-0.39, 0.29) is 5.91 Å². The molecular formula is C16H19N5O2. The van der Waals surface area contributed by atoms with E-state index in [2.05, 4.69) is 20.9 Å². The predicted octanol–water partition coefficient (Wildman–Crippen LogP) is 1.74. The number of ether oxygens (including phenoxy) is 1. The lowest BCUT2D eigenvalue weighted by Gasteiger charge is -2.24. The third-order valence-corrected chi connectivity index (χ3v) is 4.36. The molecule has 1 saturated carbocycles. The van der Waals surface area contributed by atoms with Gasteiger partial charge in [-0.15, -0.1) is 5.10 Å². The first kappa shape index (κ1) is 14.2. The SMILES string of the molecule is O=C(Nc1ccc2c(c1)CNCCO2)c1cn(C2CCC2)nn1. The van der Waals surface area contributed by atoms with Gasteiger partial charge in [0.15, 0.2) is 5.69 Å². The third kappa shape index (κ3) is 2.92. The van der Waals surface area contributed by atoms with Gasteiger partial charge in [0, 0.05) is 24.3 Å². The first-order valence-electron chi connectivity index (χ1n) is 7.99. The number of hydrogen-bond acceptors (Lipinski definition) is 5. The maximum absolute atomic E-state index is 12.3. The number of aromatic nitrogens is 3. The highest BCUT2D eigenvalue weighted by Crippen LogP contribution is 2.30. The molecule has 0 atom stereocenters. The van der Waals surface area contributed by atoms with Gasteiger partial charge in [0.2, 0.25) is 0 Å². The quantitative estimate of drug-likeness (QED) is 0.902. The van der Waals surface area contributed by atoms with Crippen LogP contribution in [0.15, 0.2) is 24.4 Å². The average Bonchev–Trinajstić information content (AvgIpc) is 2.84. The number of carbonyl (C=O) groups excluding carboxylic acids is 1. The predicted molar refractivity (Wildman–Crippen MR) is 84.5 cm³/mol. The first-order chi connectivity index (χ1) is 11.3. The van der Waals surface area contributed by atoms with Crippen molar-refractivity contribution in [3.05, 3.63) is 35.7 Å². The van der Waals surface area contributed by atoms with Crippen molar-refractivity contribution in [3.63, 3.8) is 0 Å². The molecule has 2 heterocycles. The van der Waals surface area contributed by atoms with Gasteiger partial charge in [-0.3, -0.25) is 4.79 Å². The minimum absolute atomic E-state index is 0.238. The minimum Gasteiger partial charge on any atom is -0.492 e. The fourth-order valence-electron chi connectivity index (χ4n) is 2.80. The van der Waals surface area contributed by atoms with Crippen LogP contribution in [0.1, 0.15) is 41.4 Å². The standard InChI is InChI=1S/C16H19N5O2/c22-16(14-10-21(20-19-14)13-2-1-3-13)18-12-4-5-15-11(8-12)9-17-6-7-23-15/h4-5,8,10,13,17H,1-3,6-7,9H2,(H,18,22). The van der Waals surface area contributed by atoms with Crippen molar-refractivity contribution in [1.29, 1.82) is 0 Å². The number of rotatable bonds is 3. The second-order valence-corrected chi connectivity index (χ2v) is 5.97. The summed E-state index contributed by atoms with van der Waals surface area (Å²) in [6, 6.07) is 6.07. The van der Waals surface area contributed by atoms with Crippen molar-refractivity contribution in [2.24, 2.45) is 0 Å². The summed E-state index contributed by atoms with van der Waals surface area (Å²) in [4.78, 5) is 12.3. The van der Waals surface area contributed by atoms with Crippen molar-refractivity contribution in [1.82, 2.24) is 20.3 Å². The molecule has 0 bridgehead atoms. The lowest BCUT2D eigenvalue weighted by molar-refractivity contribution is 0.102. The largest absolute Gasteiger partial charge is 0.492 e. The number of benzene rings is 1. The van der Waals surface area contributed by atoms with Crippen LogP contribution in [0, 0.1) is 0 Å². The van der Waals surface area contributed by atoms with Gasteiger partial charge in [-0.1, -0.05) is 5.21 Å². The van der Waals surface area contributed by atoms with Crippen LogP contribution >= 0.6 is 0 Å². The Balaban J connectivity index is 1.47. The molecule has 7 heteroatoms. The number of nitrogens with zero attached hydrogens (tertiary/aromatic N) is 3. The summed E-state index contributed by atoms with van der Waals surface area (Å²) in [5, 5.41) is 14.2. The Morgan fingerprint density at radius 3 is 3.13 bits per heavy atom. The van der Waals surface area contributed by atoms with E-state index in [4.69, 9.17) is 4.74 Å². The van der Waals surface area contributed by atoms with Gasteiger partial charge in [-0.2, -0.15) is 0 Å². The zero-order valence-electron chi connectivity index (χ0n) is 12.8. The molecule has 7 nitrogen and oxygen atoms in total. The molecular weight excluding hydrogens is 294 g/mol. The molecule has 0 radical (unpaired) electrons.